The van der Waals surface area contributed by atoms with Crippen molar-refractivity contribution in [1.82, 2.24) is 19.8 Å². The Morgan fingerprint density at radius 2 is 2.47 bits per heavy atom. The highest BCUT2D eigenvalue weighted by Gasteiger charge is 2.21. The van der Waals surface area contributed by atoms with Gasteiger partial charge in [0.25, 0.3) is 10.0 Å². The average Bonchev–Trinajstić information content (AvgIpc) is 2.97. The summed E-state index contributed by atoms with van der Waals surface area (Å²) in [4.78, 5) is 0. The molecule has 0 saturated carbocycles. The van der Waals surface area contributed by atoms with E-state index in [1.165, 1.54) is 16.9 Å². The highest BCUT2D eigenvalue weighted by atomic mass is 32.2. The Morgan fingerprint density at radius 3 is 3.12 bits per heavy atom. The molecule has 2 heterocycles. The van der Waals surface area contributed by atoms with Crippen molar-refractivity contribution in [1.29, 1.82) is 0 Å². The van der Waals surface area contributed by atoms with E-state index < -0.39 is 10.0 Å². The second kappa shape index (κ2) is 5.16. The second-order valence-corrected chi connectivity index (χ2v) is 5.84. The Kier molecular flexibility index (Phi) is 3.80. The van der Waals surface area contributed by atoms with Gasteiger partial charge in [0.05, 0.1) is 6.20 Å². The fourth-order valence-corrected chi connectivity index (χ4v) is 3.26. The van der Waals surface area contributed by atoms with E-state index in [1.807, 2.05) is 6.92 Å². The Hall–Kier alpha value is -0.920. The van der Waals surface area contributed by atoms with Crippen LogP contribution < -0.4 is 10.0 Å². The number of aryl methyl sites for hydroxylation is 1. The number of aromatic nitrogens is 2. The minimum Gasteiger partial charge on any atom is -0.313 e. The summed E-state index contributed by atoms with van der Waals surface area (Å²) >= 11 is 0. The SMILES string of the molecule is CCn1nccc1S(=O)(=O)NC[C@@H]1CCCN1. The lowest BCUT2D eigenvalue weighted by Crippen LogP contribution is -2.37. The van der Waals surface area contributed by atoms with Crippen molar-refractivity contribution in [2.24, 2.45) is 0 Å². The normalized spacial score (nSPS) is 20.9. The number of rotatable bonds is 5. The predicted octanol–water partition coefficient (Wildman–Crippen LogP) is -0.0667. The molecule has 1 aromatic heterocycles. The topological polar surface area (TPSA) is 76.0 Å². The summed E-state index contributed by atoms with van der Waals surface area (Å²) in [5, 5.41) is 7.45. The van der Waals surface area contributed by atoms with Gasteiger partial charge in [0, 0.05) is 19.1 Å². The van der Waals surface area contributed by atoms with Gasteiger partial charge in [-0.3, -0.25) is 4.68 Å². The van der Waals surface area contributed by atoms with E-state index >= 15 is 0 Å². The molecule has 1 fully saturated rings. The summed E-state index contributed by atoms with van der Waals surface area (Å²) in [6.45, 7) is 3.83. The first-order valence-corrected chi connectivity index (χ1v) is 7.36. The molecule has 0 aliphatic carbocycles. The number of sulfonamides is 1. The summed E-state index contributed by atoms with van der Waals surface area (Å²) in [6, 6.07) is 1.77. The van der Waals surface area contributed by atoms with Gasteiger partial charge in [0.1, 0.15) is 0 Å². The molecule has 0 bridgehead atoms. The van der Waals surface area contributed by atoms with Crippen LogP contribution in [0.4, 0.5) is 0 Å². The molecule has 2 N–H and O–H groups in total. The molecule has 0 unspecified atom stereocenters. The Labute approximate surface area is 101 Å². The molecule has 96 valence electrons. The van der Waals surface area contributed by atoms with Crippen LogP contribution in [0.5, 0.6) is 0 Å². The van der Waals surface area contributed by atoms with Crippen LogP contribution in [-0.2, 0) is 16.6 Å². The minimum atomic E-state index is -3.44. The van der Waals surface area contributed by atoms with Crippen molar-refractivity contribution in [3.63, 3.8) is 0 Å². The molecule has 17 heavy (non-hydrogen) atoms. The van der Waals surface area contributed by atoms with Gasteiger partial charge in [0.15, 0.2) is 5.03 Å². The first-order valence-electron chi connectivity index (χ1n) is 5.88. The van der Waals surface area contributed by atoms with Crippen molar-refractivity contribution in [3.8, 4) is 0 Å². The number of hydrogen-bond donors (Lipinski definition) is 2. The minimum absolute atomic E-state index is 0.234. The van der Waals surface area contributed by atoms with E-state index in [1.54, 1.807) is 0 Å². The zero-order valence-electron chi connectivity index (χ0n) is 9.89. The van der Waals surface area contributed by atoms with Crippen LogP contribution >= 0.6 is 0 Å². The van der Waals surface area contributed by atoms with Gasteiger partial charge in [-0.25, -0.2) is 13.1 Å². The summed E-state index contributed by atoms with van der Waals surface area (Å²) < 4.78 is 28.2. The van der Waals surface area contributed by atoms with E-state index in [-0.39, 0.29) is 11.1 Å². The third-order valence-electron chi connectivity index (χ3n) is 2.93. The molecule has 0 aromatic carbocycles. The quantitative estimate of drug-likeness (QED) is 0.775. The van der Waals surface area contributed by atoms with Gasteiger partial charge >= 0.3 is 0 Å². The molecule has 1 atom stereocenters. The van der Waals surface area contributed by atoms with Gasteiger partial charge in [-0.15, -0.1) is 0 Å². The van der Waals surface area contributed by atoms with Gasteiger partial charge < -0.3 is 5.32 Å². The summed E-state index contributed by atoms with van der Waals surface area (Å²) in [5.74, 6) is 0. The highest BCUT2D eigenvalue weighted by molar-refractivity contribution is 7.89. The summed E-state index contributed by atoms with van der Waals surface area (Å²) in [5.41, 5.74) is 0. The molecule has 1 aliphatic rings. The van der Waals surface area contributed by atoms with Crippen LogP contribution in [0, 0.1) is 0 Å². The molecule has 1 aliphatic heterocycles. The molecule has 2 rings (SSSR count). The maximum absolute atomic E-state index is 12.0. The second-order valence-electron chi connectivity index (χ2n) is 4.13. The molecular weight excluding hydrogens is 240 g/mol. The monoisotopic (exact) mass is 258 g/mol. The Morgan fingerprint density at radius 1 is 1.65 bits per heavy atom. The maximum Gasteiger partial charge on any atom is 0.257 e. The maximum atomic E-state index is 12.0. The number of hydrogen-bond acceptors (Lipinski definition) is 4. The van der Waals surface area contributed by atoms with Crippen LogP contribution in [0.1, 0.15) is 19.8 Å². The Bertz CT molecular complexity index is 462. The lowest BCUT2D eigenvalue weighted by Gasteiger charge is -2.12. The summed E-state index contributed by atoms with van der Waals surface area (Å²) in [6.07, 6.45) is 3.64. The lowest BCUT2D eigenvalue weighted by atomic mass is 10.2. The fourth-order valence-electron chi connectivity index (χ4n) is 2.00. The van der Waals surface area contributed by atoms with E-state index in [4.69, 9.17) is 0 Å². The van der Waals surface area contributed by atoms with Crippen molar-refractivity contribution in [2.45, 2.75) is 37.4 Å². The summed E-state index contributed by atoms with van der Waals surface area (Å²) in [7, 11) is -3.44. The highest BCUT2D eigenvalue weighted by Crippen LogP contribution is 2.09. The van der Waals surface area contributed by atoms with Crippen molar-refractivity contribution >= 4 is 10.0 Å². The molecule has 1 saturated heterocycles. The standard InChI is InChI=1S/C10H18N4O2S/c1-2-14-10(5-7-12-14)17(15,16)13-8-9-4-3-6-11-9/h5,7,9,11,13H,2-4,6,8H2,1H3/t9-/m0/s1. The zero-order chi connectivity index (χ0) is 12.3. The van der Waals surface area contributed by atoms with E-state index in [9.17, 15) is 8.42 Å². The predicted molar refractivity (Wildman–Crippen MR) is 64.1 cm³/mol. The van der Waals surface area contributed by atoms with Gasteiger partial charge in [-0.2, -0.15) is 5.10 Å². The molecule has 0 amide bonds. The average molecular weight is 258 g/mol. The van der Waals surface area contributed by atoms with Crippen LogP contribution in [0.15, 0.2) is 17.3 Å². The van der Waals surface area contributed by atoms with Crippen LogP contribution in [0.25, 0.3) is 0 Å². The largest absolute Gasteiger partial charge is 0.313 e. The zero-order valence-corrected chi connectivity index (χ0v) is 10.7. The van der Waals surface area contributed by atoms with Crippen LogP contribution in [0.3, 0.4) is 0 Å². The van der Waals surface area contributed by atoms with Crippen molar-refractivity contribution in [2.75, 3.05) is 13.1 Å². The molecular formula is C10H18N4O2S. The number of nitrogens with zero attached hydrogens (tertiary/aromatic N) is 2. The van der Waals surface area contributed by atoms with Gasteiger partial charge in [-0.1, -0.05) is 0 Å². The van der Waals surface area contributed by atoms with E-state index in [0.29, 0.717) is 13.1 Å². The molecule has 6 nitrogen and oxygen atoms in total. The van der Waals surface area contributed by atoms with Crippen molar-refractivity contribution in [3.05, 3.63) is 12.3 Å². The smallest absolute Gasteiger partial charge is 0.257 e. The third kappa shape index (κ3) is 2.85. The molecule has 0 radical (unpaired) electrons. The van der Waals surface area contributed by atoms with Crippen LogP contribution in [0.2, 0.25) is 0 Å². The first kappa shape index (κ1) is 12.5. The third-order valence-corrected chi connectivity index (χ3v) is 4.38. The lowest BCUT2D eigenvalue weighted by molar-refractivity contribution is 0.528. The Balaban J connectivity index is 2.03. The number of nitrogens with one attached hydrogen (secondary N) is 2. The van der Waals surface area contributed by atoms with Gasteiger partial charge in [-0.05, 0) is 32.4 Å². The first-order chi connectivity index (χ1) is 8.13. The molecule has 7 heteroatoms. The van der Waals surface area contributed by atoms with E-state index in [0.717, 1.165) is 19.4 Å². The van der Waals surface area contributed by atoms with Crippen molar-refractivity contribution < 1.29 is 8.42 Å². The van der Waals surface area contributed by atoms with E-state index in [2.05, 4.69) is 15.1 Å². The molecule has 0 spiro atoms. The molecule has 1 aromatic rings. The van der Waals surface area contributed by atoms with Gasteiger partial charge in [0.2, 0.25) is 0 Å². The fraction of sp³-hybridized carbons (Fsp3) is 0.700. The van der Waals surface area contributed by atoms with Crippen LogP contribution in [-0.4, -0.2) is 37.3 Å².